The fourth-order valence-corrected chi connectivity index (χ4v) is 4.65. The SMILES string of the molecule is O=C(CCCC(=O)c1ccc2c(c1)OCCO2)NC1CCS(=O)(=O)C1. The van der Waals surface area contributed by atoms with Gasteiger partial charge in [0.25, 0.3) is 0 Å². The van der Waals surface area contributed by atoms with Crippen molar-refractivity contribution in [3.05, 3.63) is 23.8 Å². The van der Waals surface area contributed by atoms with Crippen molar-refractivity contribution in [1.82, 2.24) is 5.32 Å². The topological polar surface area (TPSA) is 98.8 Å². The molecule has 1 unspecified atom stereocenters. The summed E-state index contributed by atoms with van der Waals surface area (Å²) in [6.45, 7) is 0.958. The van der Waals surface area contributed by atoms with Crippen molar-refractivity contribution in [2.75, 3.05) is 24.7 Å². The molecule has 1 amide bonds. The molecule has 0 saturated carbocycles. The largest absolute Gasteiger partial charge is 0.486 e. The molecule has 0 aromatic heterocycles. The van der Waals surface area contributed by atoms with Crippen molar-refractivity contribution in [2.45, 2.75) is 31.7 Å². The van der Waals surface area contributed by atoms with E-state index in [1.807, 2.05) is 0 Å². The molecule has 25 heavy (non-hydrogen) atoms. The summed E-state index contributed by atoms with van der Waals surface area (Å²) in [7, 11) is -3.01. The molecule has 8 heteroatoms. The van der Waals surface area contributed by atoms with Gasteiger partial charge < -0.3 is 14.8 Å². The molecule has 0 aliphatic carbocycles. The minimum Gasteiger partial charge on any atom is -0.486 e. The quantitative estimate of drug-likeness (QED) is 0.757. The van der Waals surface area contributed by atoms with Crippen molar-refractivity contribution in [1.29, 1.82) is 0 Å². The number of sulfone groups is 1. The van der Waals surface area contributed by atoms with Crippen LogP contribution in [0.1, 0.15) is 36.0 Å². The zero-order chi connectivity index (χ0) is 17.9. The number of benzene rings is 1. The molecular formula is C17H21NO6S. The molecule has 3 rings (SSSR count). The summed E-state index contributed by atoms with van der Waals surface area (Å²) in [5, 5.41) is 2.72. The van der Waals surface area contributed by atoms with E-state index < -0.39 is 9.84 Å². The average Bonchev–Trinajstić information content (AvgIpc) is 2.92. The van der Waals surface area contributed by atoms with Gasteiger partial charge in [-0.15, -0.1) is 0 Å². The van der Waals surface area contributed by atoms with Gasteiger partial charge >= 0.3 is 0 Å². The zero-order valence-electron chi connectivity index (χ0n) is 13.8. The molecule has 0 radical (unpaired) electrons. The van der Waals surface area contributed by atoms with Gasteiger partial charge in [0.1, 0.15) is 13.2 Å². The number of fused-ring (bicyclic) bond motifs is 1. The van der Waals surface area contributed by atoms with Crippen molar-refractivity contribution >= 4 is 21.5 Å². The lowest BCUT2D eigenvalue weighted by Gasteiger charge is -2.18. The maximum Gasteiger partial charge on any atom is 0.220 e. The third kappa shape index (κ3) is 4.72. The summed E-state index contributed by atoms with van der Waals surface area (Å²) in [5.74, 6) is 1.06. The second kappa shape index (κ2) is 7.43. The average molecular weight is 367 g/mol. The highest BCUT2D eigenvalue weighted by molar-refractivity contribution is 7.91. The molecule has 1 aromatic carbocycles. The maximum absolute atomic E-state index is 12.2. The van der Waals surface area contributed by atoms with E-state index in [1.165, 1.54) is 0 Å². The van der Waals surface area contributed by atoms with Gasteiger partial charge in [-0.3, -0.25) is 9.59 Å². The van der Waals surface area contributed by atoms with Crippen molar-refractivity contribution in [3.63, 3.8) is 0 Å². The van der Waals surface area contributed by atoms with Crippen LogP contribution in [0.3, 0.4) is 0 Å². The number of Topliss-reactive ketones (excluding diaryl/α,β-unsaturated/α-hetero) is 1. The van der Waals surface area contributed by atoms with Crippen LogP contribution >= 0.6 is 0 Å². The fraction of sp³-hybridized carbons (Fsp3) is 0.529. The summed E-state index contributed by atoms with van der Waals surface area (Å²) in [4.78, 5) is 24.1. The zero-order valence-corrected chi connectivity index (χ0v) is 14.6. The van der Waals surface area contributed by atoms with E-state index >= 15 is 0 Å². The Balaban J connectivity index is 1.44. The van der Waals surface area contributed by atoms with Gasteiger partial charge in [0, 0.05) is 24.4 Å². The standard InChI is InChI=1S/C17H21NO6S/c19-14(12-4-5-15-16(10-12)24-8-7-23-15)2-1-3-17(20)18-13-6-9-25(21,22)11-13/h4-5,10,13H,1-3,6-9,11H2,(H,18,20). The van der Waals surface area contributed by atoms with E-state index in [4.69, 9.17) is 9.47 Å². The number of rotatable bonds is 6. The molecule has 1 aromatic rings. The van der Waals surface area contributed by atoms with Crippen LogP contribution in [-0.2, 0) is 14.6 Å². The van der Waals surface area contributed by atoms with Gasteiger partial charge in [0.2, 0.25) is 5.91 Å². The fourth-order valence-electron chi connectivity index (χ4n) is 2.98. The number of ether oxygens (including phenoxy) is 2. The normalized spacial score (nSPS) is 20.9. The van der Waals surface area contributed by atoms with Crippen LogP contribution in [-0.4, -0.2) is 50.9 Å². The number of carbonyl (C=O) groups is 2. The van der Waals surface area contributed by atoms with E-state index in [9.17, 15) is 18.0 Å². The Morgan fingerprint density at radius 2 is 1.88 bits per heavy atom. The first-order valence-corrected chi connectivity index (χ1v) is 10.2. The van der Waals surface area contributed by atoms with Gasteiger partial charge in [-0.2, -0.15) is 0 Å². The van der Waals surface area contributed by atoms with Crippen LogP contribution < -0.4 is 14.8 Å². The minimum atomic E-state index is -3.01. The predicted molar refractivity (Wildman–Crippen MR) is 90.8 cm³/mol. The number of carbonyl (C=O) groups excluding carboxylic acids is 2. The van der Waals surface area contributed by atoms with Crippen molar-refractivity contribution in [2.24, 2.45) is 0 Å². The highest BCUT2D eigenvalue weighted by Crippen LogP contribution is 2.31. The molecule has 2 aliphatic heterocycles. The number of amides is 1. The van der Waals surface area contributed by atoms with E-state index in [-0.39, 0.29) is 42.1 Å². The van der Waals surface area contributed by atoms with Gasteiger partial charge in [-0.05, 0) is 31.0 Å². The molecule has 7 nitrogen and oxygen atoms in total. The summed E-state index contributed by atoms with van der Waals surface area (Å²) < 4.78 is 33.6. The van der Waals surface area contributed by atoms with Gasteiger partial charge in [-0.25, -0.2) is 8.42 Å². The number of ketones is 1. The Labute approximate surface area is 146 Å². The molecule has 1 fully saturated rings. The molecule has 1 atom stereocenters. The summed E-state index contributed by atoms with van der Waals surface area (Å²) in [6.07, 6.45) is 1.33. The van der Waals surface area contributed by atoms with Gasteiger partial charge in [0.15, 0.2) is 27.1 Å². The Bertz CT molecular complexity index is 773. The predicted octanol–water partition coefficient (Wildman–Crippen LogP) is 1.11. The monoisotopic (exact) mass is 367 g/mol. The van der Waals surface area contributed by atoms with Crippen LogP contribution in [0, 0.1) is 0 Å². The van der Waals surface area contributed by atoms with E-state index in [2.05, 4.69) is 5.32 Å². The smallest absolute Gasteiger partial charge is 0.220 e. The van der Waals surface area contributed by atoms with Crippen LogP contribution in [0.5, 0.6) is 11.5 Å². The van der Waals surface area contributed by atoms with Crippen LogP contribution in [0.15, 0.2) is 18.2 Å². The number of nitrogens with one attached hydrogen (secondary N) is 1. The van der Waals surface area contributed by atoms with Crippen LogP contribution in [0.25, 0.3) is 0 Å². The highest BCUT2D eigenvalue weighted by Gasteiger charge is 2.28. The third-order valence-electron chi connectivity index (χ3n) is 4.27. The minimum absolute atomic E-state index is 0.00880. The third-order valence-corrected chi connectivity index (χ3v) is 6.04. The van der Waals surface area contributed by atoms with E-state index in [0.717, 1.165) is 0 Å². The van der Waals surface area contributed by atoms with Gasteiger partial charge in [-0.1, -0.05) is 0 Å². The second-order valence-electron chi connectivity index (χ2n) is 6.30. The second-order valence-corrected chi connectivity index (χ2v) is 8.53. The first-order valence-electron chi connectivity index (χ1n) is 8.35. The molecule has 2 aliphatic rings. The Hall–Kier alpha value is -2.09. The number of hydrogen-bond acceptors (Lipinski definition) is 6. The first-order chi connectivity index (χ1) is 11.9. The lowest BCUT2D eigenvalue weighted by molar-refractivity contribution is -0.121. The van der Waals surface area contributed by atoms with Crippen molar-refractivity contribution in [3.8, 4) is 11.5 Å². The van der Waals surface area contributed by atoms with Gasteiger partial charge in [0.05, 0.1) is 11.5 Å². The lowest BCUT2D eigenvalue weighted by atomic mass is 10.0. The maximum atomic E-state index is 12.2. The first kappa shape index (κ1) is 17.7. The molecule has 2 heterocycles. The lowest BCUT2D eigenvalue weighted by Crippen LogP contribution is -2.35. The van der Waals surface area contributed by atoms with Crippen molar-refractivity contribution < 1.29 is 27.5 Å². The Morgan fingerprint density at radius 1 is 1.12 bits per heavy atom. The molecule has 0 spiro atoms. The summed E-state index contributed by atoms with van der Waals surface area (Å²) in [6, 6.07) is 4.78. The van der Waals surface area contributed by atoms with E-state index in [1.54, 1.807) is 18.2 Å². The van der Waals surface area contributed by atoms with E-state index in [0.29, 0.717) is 43.1 Å². The highest BCUT2D eigenvalue weighted by atomic mass is 32.2. The molecule has 0 bridgehead atoms. The van der Waals surface area contributed by atoms with Crippen LogP contribution in [0.4, 0.5) is 0 Å². The van der Waals surface area contributed by atoms with Crippen LogP contribution in [0.2, 0.25) is 0 Å². The summed E-state index contributed by atoms with van der Waals surface area (Å²) in [5.41, 5.74) is 0.534. The molecule has 1 saturated heterocycles. The molecule has 1 N–H and O–H groups in total. The number of hydrogen-bond donors (Lipinski definition) is 1. The Kier molecular flexibility index (Phi) is 5.27. The molecule has 136 valence electrons. The molecular weight excluding hydrogens is 346 g/mol. The summed E-state index contributed by atoms with van der Waals surface area (Å²) >= 11 is 0. The Morgan fingerprint density at radius 3 is 2.60 bits per heavy atom.